The minimum Gasteiger partial charge on any atom is -0.394 e. The van der Waals surface area contributed by atoms with Crippen LogP contribution in [0, 0.1) is 13.8 Å². The van der Waals surface area contributed by atoms with Crippen LogP contribution in [0.5, 0.6) is 0 Å². The Morgan fingerprint density at radius 3 is 1.91 bits per heavy atom. The number of H-pyrrole nitrogens is 1. The number of pyridine rings is 2. The van der Waals surface area contributed by atoms with Crippen molar-refractivity contribution in [2.45, 2.75) is 13.8 Å². The molecule has 4 rings (SSSR count). The van der Waals surface area contributed by atoms with Crippen molar-refractivity contribution in [1.82, 2.24) is 29.1 Å². The van der Waals surface area contributed by atoms with E-state index in [-0.39, 0.29) is 22.5 Å². The molecule has 4 aromatic heterocycles. The van der Waals surface area contributed by atoms with Crippen LogP contribution >= 0.6 is 39.1 Å². The highest BCUT2D eigenvalue weighted by Crippen LogP contribution is 2.13. The molecule has 0 saturated carbocycles. The molecular weight excluding hydrogens is 535 g/mol. The van der Waals surface area contributed by atoms with Gasteiger partial charge in [-0.1, -0.05) is 23.2 Å². The van der Waals surface area contributed by atoms with Gasteiger partial charge in [-0.2, -0.15) is 10.2 Å². The maximum atomic E-state index is 11.8. The predicted molar refractivity (Wildman–Crippen MR) is 135 cm³/mol. The van der Waals surface area contributed by atoms with Crippen LogP contribution in [0.25, 0.3) is 5.82 Å². The summed E-state index contributed by atoms with van der Waals surface area (Å²) in [4.78, 5) is 24.7. The topological polar surface area (TPSA) is 143 Å². The minimum atomic E-state index is -0.317. The van der Waals surface area contributed by atoms with Crippen LogP contribution in [0.1, 0.15) is 11.4 Å². The van der Waals surface area contributed by atoms with Gasteiger partial charge in [0.15, 0.2) is 5.82 Å². The molecule has 0 fully saturated rings. The molecule has 4 aromatic rings. The zero-order valence-corrected chi connectivity index (χ0v) is 21.4. The molecule has 0 radical (unpaired) electrons. The Labute approximate surface area is 207 Å². The first-order valence-electron chi connectivity index (χ1n) is 9.37. The van der Waals surface area contributed by atoms with E-state index >= 15 is 0 Å². The maximum absolute atomic E-state index is 11.8. The Kier molecular flexibility index (Phi) is 8.91. The average Bonchev–Trinajstić information content (AvgIpc) is 3.21. The van der Waals surface area contributed by atoms with Gasteiger partial charge in [0.25, 0.3) is 11.1 Å². The molecule has 176 valence electrons. The van der Waals surface area contributed by atoms with Gasteiger partial charge in [-0.3, -0.25) is 23.5 Å². The Hall–Kier alpha value is -3.02. The lowest BCUT2D eigenvalue weighted by Crippen LogP contribution is -2.21. The van der Waals surface area contributed by atoms with Crippen molar-refractivity contribution < 1.29 is 0 Å². The second kappa shape index (κ2) is 11.2. The Morgan fingerprint density at radius 2 is 1.48 bits per heavy atom. The SMILES string of the molecule is Cc1cc(-n2cc(Cl)cc(N)c2=O)nn1C.Cc1cc(Br)nn1C.Nc1cc(Cl)c[nH]c1=O. The number of anilines is 2. The number of aromatic nitrogens is 6. The Morgan fingerprint density at radius 1 is 0.909 bits per heavy atom. The van der Waals surface area contributed by atoms with Crippen molar-refractivity contribution >= 4 is 50.5 Å². The van der Waals surface area contributed by atoms with E-state index in [2.05, 4.69) is 31.1 Å². The van der Waals surface area contributed by atoms with E-state index in [1.807, 2.05) is 31.6 Å². The Balaban J connectivity index is 0.000000192. The molecule has 0 unspecified atom stereocenters. The number of halogens is 3. The molecule has 5 N–H and O–H groups in total. The molecule has 0 aliphatic rings. The number of nitrogen functional groups attached to an aromatic ring is 2. The summed E-state index contributed by atoms with van der Waals surface area (Å²) in [6.45, 7) is 3.91. The number of nitrogens with two attached hydrogens (primary N) is 2. The fourth-order valence-corrected chi connectivity index (χ4v) is 3.35. The molecule has 33 heavy (non-hydrogen) atoms. The molecule has 0 aromatic carbocycles. The van der Waals surface area contributed by atoms with E-state index in [1.54, 1.807) is 17.8 Å². The number of rotatable bonds is 1. The van der Waals surface area contributed by atoms with E-state index in [0.29, 0.717) is 15.9 Å². The van der Waals surface area contributed by atoms with Gasteiger partial charge < -0.3 is 16.5 Å². The molecule has 0 aliphatic carbocycles. The zero-order chi connectivity index (χ0) is 24.9. The minimum absolute atomic E-state index is 0.107. The predicted octanol–water partition coefficient (Wildman–Crippen LogP) is 3.22. The zero-order valence-electron chi connectivity index (χ0n) is 18.3. The number of hydrogen-bond acceptors (Lipinski definition) is 6. The largest absolute Gasteiger partial charge is 0.394 e. The maximum Gasteiger partial charge on any atom is 0.279 e. The highest BCUT2D eigenvalue weighted by Gasteiger charge is 2.08. The first-order valence-corrected chi connectivity index (χ1v) is 10.9. The molecule has 0 saturated heterocycles. The molecular formula is C20H23BrCl2N8O2. The summed E-state index contributed by atoms with van der Waals surface area (Å²) < 4.78 is 5.74. The van der Waals surface area contributed by atoms with E-state index < -0.39 is 0 Å². The van der Waals surface area contributed by atoms with Crippen molar-refractivity contribution in [3.8, 4) is 5.82 Å². The first kappa shape index (κ1) is 26.2. The highest BCUT2D eigenvalue weighted by molar-refractivity contribution is 9.10. The summed E-state index contributed by atoms with van der Waals surface area (Å²) in [5, 5.41) is 9.07. The van der Waals surface area contributed by atoms with Crippen molar-refractivity contribution in [2.75, 3.05) is 11.5 Å². The molecule has 0 bridgehead atoms. The third-order valence-corrected chi connectivity index (χ3v) is 5.15. The van der Waals surface area contributed by atoms with Crippen molar-refractivity contribution in [3.05, 3.63) is 83.4 Å². The standard InChI is InChI=1S/C10H11ClN4O.C5H7BrN2.C5H5ClN2O/c1-6-3-9(13-14(6)2)15-5-7(11)4-8(12)10(15)16;1-4-3-5(6)7-8(4)2;6-3-1-4(7)5(9)8-2-3/h3-5H,12H2,1-2H3;3H,1-2H3;1-2H,7H2,(H,8,9). The fourth-order valence-electron chi connectivity index (χ4n) is 2.39. The summed E-state index contributed by atoms with van der Waals surface area (Å²) in [6.07, 6.45) is 2.89. The number of hydrogen-bond donors (Lipinski definition) is 3. The molecule has 0 amide bonds. The second-order valence-electron chi connectivity index (χ2n) is 6.89. The summed E-state index contributed by atoms with van der Waals surface area (Å²) in [7, 11) is 3.72. The van der Waals surface area contributed by atoms with Gasteiger partial charge in [-0.15, -0.1) is 0 Å². The number of nitrogens with one attached hydrogen (secondary N) is 1. The van der Waals surface area contributed by atoms with Gasteiger partial charge in [-0.05, 0) is 48.0 Å². The van der Waals surface area contributed by atoms with Crippen molar-refractivity contribution in [2.24, 2.45) is 14.1 Å². The van der Waals surface area contributed by atoms with Gasteiger partial charge in [0.05, 0.1) is 21.4 Å². The third-order valence-electron chi connectivity index (χ3n) is 4.34. The quantitative estimate of drug-likeness (QED) is 0.328. The van der Waals surface area contributed by atoms with Crippen LogP contribution in [-0.4, -0.2) is 29.1 Å². The van der Waals surface area contributed by atoms with Crippen LogP contribution < -0.4 is 22.6 Å². The van der Waals surface area contributed by atoms with Crippen LogP contribution in [0.3, 0.4) is 0 Å². The lowest BCUT2D eigenvalue weighted by molar-refractivity contribution is 0.724. The van der Waals surface area contributed by atoms with E-state index in [0.717, 1.165) is 16.0 Å². The second-order valence-corrected chi connectivity index (χ2v) is 8.58. The van der Waals surface area contributed by atoms with E-state index in [4.69, 9.17) is 34.7 Å². The lowest BCUT2D eigenvalue weighted by atomic mass is 10.4. The lowest BCUT2D eigenvalue weighted by Gasteiger charge is -2.03. The van der Waals surface area contributed by atoms with Crippen molar-refractivity contribution in [3.63, 3.8) is 0 Å². The van der Waals surface area contributed by atoms with Crippen molar-refractivity contribution in [1.29, 1.82) is 0 Å². The van der Waals surface area contributed by atoms with Gasteiger partial charge in [0, 0.05) is 43.9 Å². The number of aromatic amines is 1. The van der Waals surface area contributed by atoms with Crippen LogP contribution in [0.15, 0.2) is 50.9 Å². The van der Waals surface area contributed by atoms with Crippen LogP contribution in [0.2, 0.25) is 10.0 Å². The molecule has 4 heterocycles. The van der Waals surface area contributed by atoms with Gasteiger partial charge in [0.2, 0.25) is 0 Å². The summed E-state index contributed by atoms with van der Waals surface area (Å²) in [5.74, 6) is 0.513. The summed E-state index contributed by atoms with van der Waals surface area (Å²) in [6, 6.07) is 6.59. The smallest absolute Gasteiger partial charge is 0.279 e. The van der Waals surface area contributed by atoms with E-state index in [1.165, 1.54) is 29.1 Å². The molecule has 10 nitrogen and oxygen atoms in total. The van der Waals surface area contributed by atoms with E-state index in [9.17, 15) is 9.59 Å². The summed E-state index contributed by atoms with van der Waals surface area (Å²) in [5.41, 5.74) is 12.5. The van der Waals surface area contributed by atoms with Crippen LogP contribution in [0.4, 0.5) is 11.4 Å². The normalized spacial score (nSPS) is 10.2. The molecule has 0 aliphatic heterocycles. The Bertz CT molecular complexity index is 1330. The highest BCUT2D eigenvalue weighted by atomic mass is 79.9. The van der Waals surface area contributed by atoms with Gasteiger partial charge in [-0.25, -0.2) is 0 Å². The fraction of sp³-hybridized carbons (Fsp3) is 0.200. The number of aryl methyl sites for hydroxylation is 4. The monoisotopic (exact) mass is 556 g/mol. The summed E-state index contributed by atoms with van der Waals surface area (Å²) >= 11 is 14.6. The molecule has 0 spiro atoms. The third kappa shape index (κ3) is 7.24. The number of nitrogens with zero attached hydrogens (tertiary/aromatic N) is 5. The van der Waals surface area contributed by atoms with Gasteiger partial charge in [0.1, 0.15) is 4.60 Å². The average molecular weight is 558 g/mol. The molecule has 13 heteroatoms. The van der Waals surface area contributed by atoms with Crippen LogP contribution in [-0.2, 0) is 14.1 Å². The van der Waals surface area contributed by atoms with Gasteiger partial charge >= 0.3 is 0 Å². The molecule has 0 atom stereocenters. The first-order chi connectivity index (χ1) is 15.4.